The molecule has 0 amide bonds. The number of aryl methyl sites for hydroxylation is 2. The summed E-state index contributed by atoms with van der Waals surface area (Å²) >= 11 is 0.972. The molecule has 9 heteroatoms. The zero-order valence-corrected chi connectivity index (χ0v) is 14.0. The third-order valence-corrected chi connectivity index (χ3v) is 7.12. The molecule has 23 heavy (non-hydrogen) atoms. The maximum absolute atomic E-state index is 14.2. The molecule has 3 rings (SSSR count). The molecular weight excluding hydrogens is 349 g/mol. The first-order valence-corrected chi connectivity index (χ1v) is 9.12. The van der Waals surface area contributed by atoms with Crippen molar-refractivity contribution in [3.05, 3.63) is 39.8 Å². The van der Waals surface area contributed by atoms with E-state index in [1.807, 2.05) is 0 Å². The summed E-state index contributed by atoms with van der Waals surface area (Å²) in [6.07, 6.45) is 0.367. The minimum Gasteiger partial charge on any atom is -0.262 e. The number of benzene rings is 1. The number of sulfonamides is 1. The van der Waals surface area contributed by atoms with Crippen LogP contribution >= 0.6 is 11.3 Å². The Labute approximate surface area is 135 Å². The number of anilines is 1. The second kappa shape index (κ2) is 5.48. The van der Waals surface area contributed by atoms with E-state index in [0.717, 1.165) is 15.6 Å². The fourth-order valence-corrected chi connectivity index (χ4v) is 5.86. The first-order chi connectivity index (χ1) is 10.7. The lowest BCUT2D eigenvalue weighted by molar-refractivity contribution is 0.479. The van der Waals surface area contributed by atoms with E-state index in [-0.39, 0.29) is 29.2 Å². The van der Waals surface area contributed by atoms with E-state index >= 15 is 0 Å². The van der Waals surface area contributed by atoms with E-state index in [4.69, 9.17) is 0 Å². The highest BCUT2D eigenvalue weighted by molar-refractivity contribution is 7.94. The number of fused-ring (bicyclic) bond motifs is 1. The van der Waals surface area contributed by atoms with Gasteiger partial charge in [-0.05, 0) is 26.7 Å². The Hall–Kier alpha value is -1.61. The van der Waals surface area contributed by atoms with Gasteiger partial charge in [0.15, 0.2) is 21.7 Å². The topological polar surface area (TPSA) is 50.3 Å². The van der Waals surface area contributed by atoms with Gasteiger partial charge in [-0.1, -0.05) is 0 Å². The van der Waals surface area contributed by atoms with Gasteiger partial charge in [0.2, 0.25) is 0 Å². The molecule has 0 radical (unpaired) electrons. The van der Waals surface area contributed by atoms with Gasteiger partial charge in [-0.25, -0.2) is 26.6 Å². The SMILES string of the molecule is Cc1nc(C)c(S(=O)(=O)N2CCCc3c(F)c(F)cc(F)c32)s1. The van der Waals surface area contributed by atoms with Crippen LogP contribution < -0.4 is 4.31 Å². The predicted molar refractivity (Wildman–Crippen MR) is 80.8 cm³/mol. The molecule has 1 aromatic heterocycles. The second-order valence-electron chi connectivity index (χ2n) is 5.27. The number of rotatable bonds is 2. The van der Waals surface area contributed by atoms with Crippen LogP contribution in [0.3, 0.4) is 0 Å². The van der Waals surface area contributed by atoms with Crippen molar-refractivity contribution in [1.82, 2.24) is 4.98 Å². The lowest BCUT2D eigenvalue weighted by Gasteiger charge is -2.30. The second-order valence-corrected chi connectivity index (χ2v) is 8.53. The molecular formula is C14H13F3N2O2S2. The van der Waals surface area contributed by atoms with Gasteiger partial charge in [-0.2, -0.15) is 0 Å². The molecule has 0 bridgehead atoms. The zero-order chi connectivity index (χ0) is 16.9. The summed E-state index contributed by atoms with van der Waals surface area (Å²) in [5, 5.41) is 0.559. The Morgan fingerprint density at radius 2 is 1.91 bits per heavy atom. The average Bonchev–Trinajstić information content (AvgIpc) is 2.83. The Kier molecular flexibility index (Phi) is 3.88. The molecule has 1 aliphatic heterocycles. The van der Waals surface area contributed by atoms with Gasteiger partial charge in [0.1, 0.15) is 0 Å². The van der Waals surface area contributed by atoms with Crippen LogP contribution in [0.25, 0.3) is 0 Å². The first-order valence-electron chi connectivity index (χ1n) is 6.86. The maximum atomic E-state index is 14.2. The molecule has 0 aliphatic carbocycles. The largest absolute Gasteiger partial charge is 0.275 e. The van der Waals surface area contributed by atoms with Crippen molar-refractivity contribution in [1.29, 1.82) is 0 Å². The molecule has 2 aromatic rings. The van der Waals surface area contributed by atoms with Gasteiger partial charge >= 0.3 is 0 Å². The lowest BCUT2D eigenvalue weighted by Crippen LogP contribution is -2.36. The van der Waals surface area contributed by atoms with Crippen molar-refractivity contribution >= 4 is 27.0 Å². The summed E-state index contributed by atoms with van der Waals surface area (Å²) in [5.74, 6) is -3.59. The van der Waals surface area contributed by atoms with E-state index in [0.29, 0.717) is 16.8 Å². The van der Waals surface area contributed by atoms with Gasteiger partial charge in [0, 0.05) is 18.2 Å². The average molecular weight is 362 g/mol. The van der Waals surface area contributed by atoms with Crippen LogP contribution in [0.2, 0.25) is 0 Å². The van der Waals surface area contributed by atoms with Crippen LogP contribution in [-0.4, -0.2) is 19.9 Å². The molecule has 124 valence electrons. The third-order valence-electron chi connectivity index (χ3n) is 3.66. The number of aromatic nitrogens is 1. The number of thiazole rings is 1. The number of hydrogen-bond donors (Lipinski definition) is 0. The van der Waals surface area contributed by atoms with Crippen LogP contribution in [0.1, 0.15) is 22.7 Å². The van der Waals surface area contributed by atoms with E-state index < -0.39 is 33.2 Å². The van der Waals surface area contributed by atoms with E-state index in [2.05, 4.69) is 4.98 Å². The van der Waals surface area contributed by atoms with Crippen LogP contribution in [0.15, 0.2) is 10.3 Å². The molecule has 0 fully saturated rings. The Balaban J connectivity index is 2.21. The molecule has 0 unspecified atom stereocenters. The molecule has 0 saturated carbocycles. The summed E-state index contributed by atoms with van der Waals surface area (Å²) in [6.45, 7) is 3.22. The lowest BCUT2D eigenvalue weighted by atomic mass is 10.0. The van der Waals surface area contributed by atoms with Crippen molar-refractivity contribution in [2.24, 2.45) is 0 Å². The normalized spacial score (nSPS) is 14.9. The summed E-state index contributed by atoms with van der Waals surface area (Å²) in [5.41, 5.74) is -0.334. The summed E-state index contributed by atoms with van der Waals surface area (Å²) in [6, 6.07) is 0.382. The quantitative estimate of drug-likeness (QED) is 0.770. The highest BCUT2D eigenvalue weighted by Gasteiger charge is 2.36. The molecule has 0 spiro atoms. The van der Waals surface area contributed by atoms with E-state index in [1.54, 1.807) is 13.8 Å². The molecule has 1 aliphatic rings. The van der Waals surface area contributed by atoms with Gasteiger partial charge in [-0.15, -0.1) is 11.3 Å². The summed E-state index contributed by atoms with van der Waals surface area (Å²) in [4.78, 5) is 4.07. The standard InChI is InChI=1S/C14H13F3N2O2S2/c1-7-14(22-8(2)18-7)23(20,21)19-5-3-4-9-12(17)10(15)6-11(16)13(9)19/h6H,3-5H2,1-2H3. The number of halogens is 3. The molecule has 4 nitrogen and oxygen atoms in total. The Bertz CT molecular complexity index is 894. The minimum atomic E-state index is -4.08. The molecule has 0 N–H and O–H groups in total. The first kappa shape index (κ1) is 16.3. The summed E-state index contributed by atoms with van der Waals surface area (Å²) < 4.78 is 68.0. The van der Waals surface area contributed by atoms with Crippen LogP contribution in [0.4, 0.5) is 18.9 Å². The van der Waals surface area contributed by atoms with Crippen LogP contribution in [0, 0.1) is 31.3 Å². The highest BCUT2D eigenvalue weighted by atomic mass is 32.2. The molecule has 0 atom stereocenters. The zero-order valence-electron chi connectivity index (χ0n) is 12.4. The van der Waals surface area contributed by atoms with Gasteiger partial charge < -0.3 is 0 Å². The fourth-order valence-electron chi connectivity index (χ4n) is 2.74. The summed E-state index contributed by atoms with van der Waals surface area (Å²) in [7, 11) is -4.08. The van der Waals surface area contributed by atoms with E-state index in [1.165, 1.54) is 0 Å². The van der Waals surface area contributed by atoms with Gasteiger partial charge in [0.05, 0.1) is 16.4 Å². The van der Waals surface area contributed by atoms with Crippen molar-refractivity contribution in [3.8, 4) is 0 Å². The van der Waals surface area contributed by atoms with Crippen molar-refractivity contribution in [2.75, 3.05) is 10.8 Å². The van der Waals surface area contributed by atoms with Crippen molar-refractivity contribution in [2.45, 2.75) is 30.9 Å². The molecule has 0 saturated heterocycles. The fraction of sp³-hybridized carbons (Fsp3) is 0.357. The maximum Gasteiger partial charge on any atom is 0.275 e. The van der Waals surface area contributed by atoms with E-state index in [9.17, 15) is 21.6 Å². The van der Waals surface area contributed by atoms with Gasteiger partial charge in [-0.3, -0.25) is 4.31 Å². The predicted octanol–water partition coefficient (Wildman–Crippen LogP) is 3.32. The van der Waals surface area contributed by atoms with Crippen molar-refractivity contribution in [3.63, 3.8) is 0 Å². The molecule has 2 heterocycles. The minimum absolute atomic E-state index is 0.00742. The van der Waals surface area contributed by atoms with Crippen LogP contribution in [-0.2, 0) is 16.4 Å². The monoisotopic (exact) mass is 362 g/mol. The number of nitrogens with zero attached hydrogens (tertiary/aromatic N) is 2. The third kappa shape index (κ3) is 2.51. The molecule has 1 aromatic carbocycles. The number of hydrogen-bond acceptors (Lipinski definition) is 4. The highest BCUT2D eigenvalue weighted by Crippen LogP contribution is 2.38. The van der Waals surface area contributed by atoms with Crippen molar-refractivity contribution < 1.29 is 21.6 Å². The smallest absolute Gasteiger partial charge is 0.262 e. The Morgan fingerprint density at radius 3 is 2.52 bits per heavy atom. The van der Waals surface area contributed by atoms with Gasteiger partial charge in [0.25, 0.3) is 10.0 Å². The Morgan fingerprint density at radius 1 is 1.22 bits per heavy atom. The van der Waals surface area contributed by atoms with Crippen LogP contribution in [0.5, 0.6) is 0 Å².